The van der Waals surface area contributed by atoms with E-state index in [0.717, 1.165) is 0 Å². The van der Waals surface area contributed by atoms with Gasteiger partial charge in [-0.3, -0.25) is 10.7 Å². The normalized spacial score (nSPS) is 16.2. The molecule has 0 amide bonds. The first-order valence-electron chi connectivity index (χ1n) is 8.17. The molecule has 1 saturated carbocycles. The summed E-state index contributed by atoms with van der Waals surface area (Å²) >= 11 is 0. The van der Waals surface area contributed by atoms with E-state index < -0.39 is 15.7 Å². The van der Waals surface area contributed by atoms with Crippen LogP contribution >= 0.6 is 0 Å². The maximum Gasteiger partial charge on any atom is 0.274 e. The second-order valence-corrected chi connectivity index (χ2v) is 7.78. The van der Waals surface area contributed by atoms with E-state index in [1.807, 2.05) is 5.48 Å². The van der Waals surface area contributed by atoms with Crippen molar-refractivity contribution in [2.75, 3.05) is 6.61 Å². The van der Waals surface area contributed by atoms with E-state index in [1.54, 1.807) is 6.92 Å². The number of nitrogens with one attached hydrogen (secondary N) is 2. The first kappa shape index (κ1) is 20.3. The van der Waals surface area contributed by atoms with E-state index in [9.17, 15) is 18.0 Å². The van der Waals surface area contributed by atoms with E-state index in [-0.39, 0.29) is 36.3 Å². The highest BCUT2D eigenvalue weighted by molar-refractivity contribution is 7.87. The summed E-state index contributed by atoms with van der Waals surface area (Å²) in [6.45, 7) is 1.59. The lowest BCUT2D eigenvalue weighted by Gasteiger charge is -2.15. The molecule has 0 aliphatic heterocycles. The average molecular weight is 414 g/mol. The number of amidine groups is 1. The maximum atomic E-state index is 13.4. The first-order chi connectivity index (χ1) is 13.2. The molecule has 0 radical (unpaired) electrons. The molecule has 1 fully saturated rings. The van der Waals surface area contributed by atoms with Crippen LogP contribution in [0.5, 0.6) is 0 Å². The Bertz CT molecular complexity index is 989. The number of halogens is 1. The molecule has 1 aliphatic carbocycles. The molecule has 0 bridgehead atoms. The molecule has 1 heterocycles. The van der Waals surface area contributed by atoms with Gasteiger partial charge in [-0.1, -0.05) is 5.16 Å². The van der Waals surface area contributed by atoms with Crippen molar-refractivity contribution in [1.29, 1.82) is 0 Å². The first-order valence-corrected chi connectivity index (χ1v) is 9.72. The Balaban J connectivity index is 1.70. The third-order valence-corrected chi connectivity index (χ3v) is 4.82. The van der Waals surface area contributed by atoms with Gasteiger partial charge in [0.1, 0.15) is 11.5 Å². The highest BCUT2D eigenvalue weighted by atomic mass is 32.2. The Morgan fingerprint density at radius 3 is 2.82 bits per heavy atom. The molecule has 1 aromatic carbocycles. The number of ether oxygens (including phenoxy) is 1. The minimum Gasteiger partial charge on any atom is -0.373 e. The summed E-state index contributed by atoms with van der Waals surface area (Å²) in [4.78, 5) is 4.16. The number of aryl methyl sites for hydroxylation is 1. The summed E-state index contributed by atoms with van der Waals surface area (Å²) < 4.78 is 48.3. The standard InChI is InChI=1S/C15H19FN6O5S/c1-9-6-10(2-3-11(9)16)18-14(19-23)13-12(20-27-21-13)7-26-8-15(4-5-15)22-28(17,24)25/h2-3,6,22-23H,4-5,7-8H2,1H3,(H,18,19)(H2,17,24,25). The molecule has 152 valence electrons. The molecule has 1 aromatic heterocycles. The van der Waals surface area contributed by atoms with Crippen LogP contribution in [0.15, 0.2) is 27.8 Å². The predicted octanol–water partition coefficient (Wildman–Crippen LogP) is 0.417. The van der Waals surface area contributed by atoms with Crippen LogP contribution in [0, 0.1) is 12.7 Å². The lowest BCUT2D eigenvalue weighted by atomic mass is 10.2. The van der Waals surface area contributed by atoms with Crippen molar-refractivity contribution in [3.8, 4) is 0 Å². The minimum atomic E-state index is -3.84. The number of aliphatic imine (C=N–C) groups is 1. The van der Waals surface area contributed by atoms with E-state index in [2.05, 4.69) is 24.7 Å². The lowest BCUT2D eigenvalue weighted by Crippen LogP contribution is -2.43. The zero-order valence-corrected chi connectivity index (χ0v) is 15.7. The zero-order valence-electron chi connectivity index (χ0n) is 14.8. The Kier molecular flexibility index (Phi) is 5.71. The molecule has 11 nitrogen and oxygen atoms in total. The van der Waals surface area contributed by atoms with Crippen molar-refractivity contribution in [1.82, 2.24) is 20.5 Å². The average Bonchev–Trinajstić information content (AvgIpc) is 3.19. The molecule has 0 saturated heterocycles. The molecule has 2 aromatic rings. The fraction of sp³-hybridized carbons (Fsp3) is 0.400. The molecule has 1 aliphatic rings. The van der Waals surface area contributed by atoms with E-state index in [1.165, 1.54) is 18.2 Å². The zero-order chi connectivity index (χ0) is 20.4. The van der Waals surface area contributed by atoms with E-state index in [0.29, 0.717) is 24.1 Å². The topological polar surface area (TPSA) is 165 Å². The Labute approximate surface area is 159 Å². The van der Waals surface area contributed by atoms with Gasteiger partial charge in [-0.2, -0.15) is 13.1 Å². The smallest absolute Gasteiger partial charge is 0.274 e. The summed E-state index contributed by atoms with van der Waals surface area (Å²) in [6.07, 6.45) is 1.20. The fourth-order valence-corrected chi connectivity index (χ4v) is 3.38. The Hall–Kier alpha value is -2.45. The molecule has 0 atom stereocenters. The molecular formula is C15H19FN6O5S. The van der Waals surface area contributed by atoms with Crippen LogP contribution in [0.1, 0.15) is 29.8 Å². The Morgan fingerprint density at radius 2 is 2.21 bits per heavy atom. The number of nitrogens with zero attached hydrogens (tertiary/aromatic N) is 3. The summed E-state index contributed by atoms with van der Waals surface area (Å²) in [5, 5.41) is 21.8. The van der Waals surface area contributed by atoms with E-state index in [4.69, 9.17) is 9.88 Å². The van der Waals surface area contributed by atoms with Crippen LogP contribution in [0.25, 0.3) is 0 Å². The number of aromatic nitrogens is 2. The van der Waals surface area contributed by atoms with Crippen LogP contribution < -0.4 is 15.3 Å². The van der Waals surface area contributed by atoms with Crippen LogP contribution in [0.4, 0.5) is 10.1 Å². The molecule has 3 rings (SSSR count). The summed E-state index contributed by atoms with van der Waals surface area (Å²) in [7, 11) is -3.84. The molecule has 0 unspecified atom stereocenters. The SMILES string of the molecule is Cc1cc(N=C(NO)c2nonc2COCC2(NS(N)(=O)=O)CC2)ccc1F. The van der Waals surface area contributed by atoms with Gasteiger partial charge in [-0.25, -0.2) is 19.2 Å². The van der Waals surface area contributed by atoms with Crippen molar-refractivity contribution in [2.24, 2.45) is 10.1 Å². The van der Waals surface area contributed by atoms with Gasteiger partial charge in [0.2, 0.25) is 0 Å². The van der Waals surface area contributed by atoms with Crippen LogP contribution in [0.2, 0.25) is 0 Å². The number of nitrogens with two attached hydrogens (primary N) is 1. The lowest BCUT2D eigenvalue weighted by molar-refractivity contribution is 0.0931. The van der Waals surface area contributed by atoms with Gasteiger partial charge < -0.3 is 4.74 Å². The van der Waals surface area contributed by atoms with Crippen molar-refractivity contribution in [2.45, 2.75) is 31.9 Å². The number of hydrogen-bond donors (Lipinski definition) is 4. The summed E-state index contributed by atoms with van der Waals surface area (Å²) in [5.74, 6) is -0.452. The summed E-state index contributed by atoms with van der Waals surface area (Å²) in [6, 6.07) is 4.17. The van der Waals surface area contributed by atoms with Gasteiger partial charge in [0.05, 0.1) is 24.4 Å². The third kappa shape index (κ3) is 5.08. The van der Waals surface area contributed by atoms with Crippen molar-refractivity contribution >= 4 is 21.7 Å². The third-order valence-electron chi connectivity index (χ3n) is 4.10. The number of hydroxylamine groups is 1. The van der Waals surface area contributed by atoms with Gasteiger partial charge in [0.25, 0.3) is 10.2 Å². The monoisotopic (exact) mass is 414 g/mol. The highest BCUT2D eigenvalue weighted by Crippen LogP contribution is 2.36. The van der Waals surface area contributed by atoms with E-state index >= 15 is 0 Å². The predicted molar refractivity (Wildman–Crippen MR) is 94.4 cm³/mol. The molecule has 0 spiro atoms. The van der Waals surface area contributed by atoms with Crippen molar-refractivity contribution < 1.29 is 27.4 Å². The maximum absolute atomic E-state index is 13.4. The van der Waals surface area contributed by atoms with Gasteiger partial charge in [0, 0.05) is 0 Å². The van der Waals surface area contributed by atoms with Gasteiger partial charge in [-0.15, -0.1) is 0 Å². The molecular weight excluding hydrogens is 395 g/mol. The van der Waals surface area contributed by atoms with Gasteiger partial charge in [-0.05, 0) is 48.7 Å². The quantitative estimate of drug-likeness (QED) is 0.274. The van der Waals surface area contributed by atoms with Gasteiger partial charge in [0.15, 0.2) is 11.5 Å². The second kappa shape index (κ2) is 7.89. The van der Waals surface area contributed by atoms with Gasteiger partial charge >= 0.3 is 0 Å². The molecule has 28 heavy (non-hydrogen) atoms. The largest absolute Gasteiger partial charge is 0.373 e. The van der Waals surface area contributed by atoms with Crippen molar-refractivity contribution in [3.63, 3.8) is 0 Å². The Morgan fingerprint density at radius 1 is 1.46 bits per heavy atom. The second-order valence-electron chi connectivity index (χ2n) is 6.49. The van der Waals surface area contributed by atoms with Crippen molar-refractivity contribution in [3.05, 3.63) is 41.0 Å². The minimum absolute atomic E-state index is 0.0734. The van der Waals surface area contributed by atoms with Crippen LogP contribution in [0.3, 0.4) is 0 Å². The van der Waals surface area contributed by atoms with Crippen LogP contribution in [-0.4, -0.2) is 41.9 Å². The highest BCUT2D eigenvalue weighted by Gasteiger charge is 2.45. The van der Waals surface area contributed by atoms with Crippen LogP contribution in [-0.2, 0) is 21.6 Å². The number of benzene rings is 1. The molecule has 5 N–H and O–H groups in total. The number of rotatable bonds is 8. The fourth-order valence-electron chi connectivity index (χ4n) is 2.51. The molecule has 13 heteroatoms. The number of hydrogen-bond acceptors (Lipinski definition) is 8. The summed E-state index contributed by atoms with van der Waals surface area (Å²) in [5.41, 5.74) is 2.27.